The number of esters is 1. The van der Waals surface area contributed by atoms with Crippen molar-refractivity contribution < 1.29 is 86.0 Å². The smallest absolute Gasteiger partial charge is 0.329 e. The Labute approximate surface area is 440 Å². The van der Waals surface area contributed by atoms with Crippen molar-refractivity contribution in [3.05, 3.63) is 83.6 Å². The fourth-order valence-corrected chi connectivity index (χ4v) is 4.73. The number of benzene rings is 2. The largest absolute Gasteiger partial charge is 0.481 e. The SMILES string of the molecule is C.CC(=O)OC(C)(C)C.CC(C)=O.CC(C)[C@@H](C(=O)O)c1ccc(F)cc1.CC1CC1C(=O)Cl.CCc1ccc(F)cc1.COCC(=O)Cl.[2H]C([2H])([2H])N1C(=C)C([2H])([2H])C([2H])([2H])C1([2H])[2H].[2H]C([2H])([2H])OCC(=O)O.[2H]C1([2H])CCC(=O)N1C. The number of aliphatic carboxylic acids is 2. The Balaban J connectivity index is -0.000000281. The van der Waals surface area contributed by atoms with E-state index in [4.69, 9.17) is 57.3 Å². The summed E-state index contributed by atoms with van der Waals surface area (Å²) in [7, 11) is 0.313. The van der Waals surface area contributed by atoms with Gasteiger partial charge in [0, 0.05) is 81.2 Å². The van der Waals surface area contributed by atoms with Crippen LogP contribution in [-0.4, -0.2) is 120 Å². The molecule has 1 saturated carbocycles. The number of amides is 1. The molecule has 396 valence electrons. The van der Waals surface area contributed by atoms with Crippen LogP contribution in [0.25, 0.3) is 0 Å². The highest BCUT2D eigenvalue weighted by Crippen LogP contribution is 2.39. The van der Waals surface area contributed by atoms with Gasteiger partial charge in [0.15, 0.2) is 0 Å². The summed E-state index contributed by atoms with van der Waals surface area (Å²) in [5.74, 6) is -2.62. The number of rotatable bonds is 9. The lowest BCUT2D eigenvalue weighted by molar-refractivity contribution is -0.152. The summed E-state index contributed by atoms with van der Waals surface area (Å²) in [6, 6.07) is 12.2. The summed E-state index contributed by atoms with van der Waals surface area (Å²) in [5, 5.41) is 16.3. The van der Waals surface area contributed by atoms with Gasteiger partial charge < -0.3 is 39.0 Å². The summed E-state index contributed by atoms with van der Waals surface area (Å²) < 4.78 is 137. The Morgan fingerprint density at radius 2 is 1.41 bits per heavy atom. The zero-order valence-electron chi connectivity index (χ0n) is 54.8. The highest BCUT2D eigenvalue weighted by molar-refractivity contribution is 6.64. The quantitative estimate of drug-likeness (QED) is 0.178. The van der Waals surface area contributed by atoms with E-state index in [0.29, 0.717) is 24.3 Å². The maximum absolute atomic E-state index is 12.6. The second-order valence-electron chi connectivity index (χ2n) is 15.6. The lowest BCUT2D eigenvalue weighted by Gasteiger charge is -2.17. The van der Waals surface area contributed by atoms with Gasteiger partial charge in [0.2, 0.25) is 16.4 Å². The van der Waals surface area contributed by atoms with Crippen molar-refractivity contribution in [3.8, 4) is 0 Å². The van der Waals surface area contributed by atoms with Gasteiger partial charge in [-0.15, -0.1) is 0 Å². The molecule has 0 radical (unpaired) electrons. The molecule has 18 heteroatoms. The van der Waals surface area contributed by atoms with E-state index in [-0.39, 0.29) is 70.9 Å². The molecule has 3 fully saturated rings. The predicted octanol–water partition coefficient (Wildman–Crippen LogP) is 10.6. The third kappa shape index (κ3) is 48.1. The van der Waals surface area contributed by atoms with E-state index in [0.717, 1.165) is 17.7 Å². The lowest BCUT2D eigenvalue weighted by Crippen LogP contribution is -2.21. The van der Waals surface area contributed by atoms with Gasteiger partial charge in [0.1, 0.15) is 36.2 Å². The van der Waals surface area contributed by atoms with Crippen LogP contribution in [-0.2, 0) is 54.2 Å². The highest BCUT2D eigenvalue weighted by Gasteiger charge is 2.37. The van der Waals surface area contributed by atoms with Crippen LogP contribution in [0.5, 0.6) is 0 Å². The third-order valence-electron chi connectivity index (χ3n) is 7.49. The van der Waals surface area contributed by atoms with Crippen molar-refractivity contribution >= 4 is 63.3 Å². The van der Waals surface area contributed by atoms with Crippen LogP contribution in [0.15, 0.2) is 60.8 Å². The Morgan fingerprint density at radius 1 is 0.913 bits per heavy atom. The van der Waals surface area contributed by atoms with E-state index in [1.807, 2.05) is 48.5 Å². The molecule has 2 N–H and O–H groups in total. The molecule has 0 aromatic heterocycles. The number of halogens is 4. The number of Topliss-reactive ketones (excluding diaryl/α,β-unsaturated/α-hetero) is 1. The van der Waals surface area contributed by atoms with E-state index in [9.17, 15) is 42.3 Å². The van der Waals surface area contributed by atoms with E-state index in [1.165, 1.54) is 76.9 Å². The number of ketones is 1. The average molecular weight is 1040 g/mol. The van der Waals surface area contributed by atoms with Gasteiger partial charge in [0.25, 0.3) is 0 Å². The van der Waals surface area contributed by atoms with E-state index in [1.54, 1.807) is 12.1 Å². The van der Waals surface area contributed by atoms with Crippen LogP contribution < -0.4 is 0 Å². The minimum Gasteiger partial charge on any atom is -0.481 e. The van der Waals surface area contributed by atoms with Gasteiger partial charge in [-0.1, -0.05) is 66.0 Å². The van der Waals surface area contributed by atoms with Crippen LogP contribution in [0.3, 0.4) is 0 Å². The number of likely N-dealkylation sites (tertiary alicyclic amines) is 2. The molecule has 3 atom stereocenters. The second kappa shape index (κ2) is 42.1. The summed E-state index contributed by atoms with van der Waals surface area (Å²) in [6.07, 6.45) is -3.08. The highest BCUT2D eigenvalue weighted by atomic mass is 35.5. The summed E-state index contributed by atoms with van der Waals surface area (Å²) in [4.78, 5) is 72.1. The number of aryl methyl sites for hydroxylation is 1. The Bertz CT molecular complexity index is 2340. The number of allylic oxidation sites excluding steroid dienone is 1. The molecule has 1 amide bonds. The number of carboxylic acid groups (broad SMARTS) is 2. The first-order chi connectivity index (χ1) is 36.7. The number of nitrogens with zero attached hydrogens (tertiary/aromatic N) is 2. The molecule has 2 aliphatic heterocycles. The van der Waals surface area contributed by atoms with E-state index >= 15 is 0 Å². The molecule has 3 aliphatic rings. The number of carbonyl (C=O) groups is 7. The first kappa shape index (κ1) is 47.9. The number of hydrogen-bond acceptors (Lipinski definition) is 11. The maximum atomic E-state index is 12.6. The van der Waals surface area contributed by atoms with Crippen LogP contribution >= 0.6 is 23.2 Å². The number of methoxy groups -OCH3 is 2. The van der Waals surface area contributed by atoms with Gasteiger partial charge in [0.05, 0.1) is 10.0 Å². The molecule has 2 aromatic rings. The van der Waals surface area contributed by atoms with Crippen LogP contribution in [0.1, 0.15) is 145 Å². The Kier molecular flexibility index (Phi) is 29.2. The molecule has 0 bridgehead atoms. The average Bonchev–Trinajstić information content (AvgIpc) is 3.97. The molecule has 2 aromatic carbocycles. The minimum absolute atomic E-state index is 0. The van der Waals surface area contributed by atoms with Gasteiger partial charge >= 0.3 is 17.9 Å². The third-order valence-corrected chi connectivity index (χ3v) is 7.88. The zero-order chi connectivity index (χ0) is 65.9. The Hall–Kier alpha value is -4.77. The summed E-state index contributed by atoms with van der Waals surface area (Å²) >= 11 is 9.95. The van der Waals surface area contributed by atoms with Crippen molar-refractivity contribution in [2.75, 3.05) is 54.4 Å². The molecule has 14 nitrogen and oxygen atoms in total. The van der Waals surface area contributed by atoms with Gasteiger partial charge in [-0.25, -0.2) is 13.6 Å². The van der Waals surface area contributed by atoms with Crippen molar-refractivity contribution in [1.82, 2.24) is 9.80 Å². The van der Waals surface area contributed by atoms with Crippen molar-refractivity contribution in [2.45, 2.75) is 127 Å². The molecule has 1 aliphatic carbocycles. The topological polar surface area (TPSA) is 194 Å². The molecule has 0 spiro atoms. The second-order valence-corrected chi connectivity index (χ2v) is 16.3. The van der Waals surface area contributed by atoms with E-state index in [2.05, 4.69) is 16.1 Å². The van der Waals surface area contributed by atoms with Crippen molar-refractivity contribution in [2.24, 2.45) is 17.8 Å². The molecule has 2 heterocycles. The maximum Gasteiger partial charge on any atom is 0.329 e. The number of carbonyl (C=O) groups excluding carboxylic acids is 5. The minimum atomic E-state index is -2.98. The fraction of sp³-hybridized carbons (Fsp3) is 0.588. The zero-order valence-corrected chi connectivity index (χ0v) is 42.3. The van der Waals surface area contributed by atoms with E-state index < -0.39 is 75.2 Å². The summed E-state index contributed by atoms with van der Waals surface area (Å²) in [6.45, 7) is 12.8. The normalized spacial score (nSPS) is 21.4. The predicted molar refractivity (Wildman–Crippen MR) is 270 cm³/mol. The Morgan fingerprint density at radius 3 is 1.58 bits per heavy atom. The molecule has 5 rings (SSSR count). The van der Waals surface area contributed by atoms with Gasteiger partial charge in [-0.3, -0.25) is 24.0 Å². The van der Waals surface area contributed by atoms with Crippen LogP contribution in [0.2, 0.25) is 0 Å². The number of carboxylic acids is 2. The van der Waals surface area contributed by atoms with Crippen LogP contribution in [0, 0.1) is 29.4 Å². The first-order valence-corrected chi connectivity index (χ1v) is 21.4. The fourth-order valence-electron chi connectivity index (χ4n) is 4.31. The van der Waals surface area contributed by atoms with Crippen molar-refractivity contribution in [1.29, 1.82) is 0 Å². The number of ether oxygens (including phenoxy) is 3. The molecule has 2 unspecified atom stereocenters. The monoisotopic (exact) mass is 1040 g/mol. The molecule has 69 heavy (non-hydrogen) atoms. The van der Waals surface area contributed by atoms with Crippen LogP contribution in [0.4, 0.5) is 8.78 Å². The first-order valence-electron chi connectivity index (χ1n) is 27.6. The molecule has 2 saturated heterocycles. The van der Waals surface area contributed by atoms with Crippen molar-refractivity contribution in [3.63, 3.8) is 0 Å². The van der Waals surface area contributed by atoms with Gasteiger partial charge in [-0.2, -0.15) is 0 Å². The summed E-state index contributed by atoms with van der Waals surface area (Å²) in [5.41, 5.74) is 0.791. The number of hydrogen-bond donors (Lipinski definition) is 2. The van der Waals surface area contributed by atoms with Gasteiger partial charge in [-0.05, 0) is 137 Å². The molecular formula is C51H82Cl2F2N2O12. The lowest BCUT2D eigenvalue weighted by atomic mass is 9.89. The molecular weight excluding hydrogens is 941 g/mol. The standard InChI is InChI=1S/C11H13FO2.C8H9F.C6H11N.C6H12O2.C5H7ClO.C5H9NO.C3H5ClO2.C3H6O3.C3H6O.CH4/c1-7(2)10(11(13)14)8-3-5-9(12)6-4-8;1-2-7-3-5-8(9)6-4-7;1-6-4-3-5-7(6)2;1-5(7)8-6(2,3)4;1-3-2-4(3)5(6)7;1-6-4-2-3-5(6)7;2*1-6-2-3(4)5;1-3(2)4;/h3-7,10H,1-2H3,(H,13,14);3-6H,2H2,1H3;1,3-5H2,2H3;1-4H3;3-4H,2H2,1H3;2-4H2,1H3;2H2,1H3;2H2,1H3,(H,4,5);1-2H3;1H4/t10-;;;;;;;;;/m1........./s1/i;;2D3,3D2,4D2,5D2;;;4D2;;1D3;;.